The lowest BCUT2D eigenvalue weighted by Crippen LogP contribution is -2.37. The zero-order valence-electron chi connectivity index (χ0n) is 13.7. The van der Waals surface area contributed by atoms with Crippen molar-refractivity contribution in [1.82, 2.24) is 5.32 Å². The first kappa shape index (κ1) is 16.1. The molecule has 2 aromatic rings. The van der Waals surface area contributed by atoms with Crippen LogP contribution in [0.25, 0.3) is 0 Å². The molecule has 0 aromatic heterocycles. The Kier molecular flexibility index (Phi) is 5.21. The first-order chi connectivity index (χ1) is 10.5. The van der Waals surface area contributed by atoms with E-state index in [9.17, 15) is 4.79 Å². The lowest BCUT2D eigenvalue weighted by atomic mass is 10.1. The summed E-state index contributed by atoms with van der Waals surface area (Å²) in [5, 5.41) is 5.92. The number of amides is 2. The molecular weight excluding hydrogens is 272 g/mol. The number of rotatable bonds is 4. The van der Waals surface area contributed by atoms with E-state index in [4.69, 9.17) is 0 Å². The SMILES string of the molecule is Cc1cccc(CC(C)NC(=O)Nc2cccc(C)c2C)c1. The molecule has 2 amide bonds. The van der Waals surface area contributed by atoms with Crippen molar-refractivity contribution < 1.29 is 4.79 Å². The Bertz CT molecular complexity index is 664. The third-order valence-electron chi connectivity index (χ3n) is 3.85. The highest BCUT2D eigenvalue weighted by Crippen LogP contribution is 2.17. The van der Waals surface area contributed by atoms with E-state index in [0.717, 1.165) is 17.7 Å². The highest BCUT2D eigenvalue weighted by atomic mass is 16.2. The van der Waals surface area contributed by atoms with Crippen LogP contribution in [0.5, 0.6) is 0 Å². The normalized spacial score (nSPS) is 11.8. The van der Waals surface area contributed by atoms with Crippen LogP contribution in [-0.4, -0.2) is 12.1 Å². The van der Waals surface area contributed by atoms with Gasteiger partial charge in [-0.3, -0.25) is 0 Å². The van der Waals surface area contributed by atoms with Crippen LogP contribution in [0.3, 0.4) is 0 Å². The van der Waals surface area contributed by atoms with Gasteiger partial charge in [-0.1, -0.05) is 42.0 Å². The van der Waals surface area contributed by atoms with Crippen molar-refractivity contribution in [1.29, 1.82) is 0 Å². The van der Waals surface area contributed by atoms with Crippen LogP contribution in [0.2, 0.25) is 0 Å². The van der Waals surface area contributed by atoms with E-state index in [1.165, 1.54) is 16.7 Å². The van der Waals surface area contributed by atoms with Crippen molar-refractivity contribution in [3.63, 3.8) is 0 Å². The quantitative estimate of drug-likeness (QED) is 0.864. The summed E-state index contributed by atoms with van der Waals surface area (Å²) >= 11 is 0. The lowest BCUT2D eigenvalue weighted by Gasteiger charge is -2.16. The summed E-state index contributed by atoms with van der Waals surface area (Å²) in [5.74, 6) is 0. The van der Waals surface area contributed by atoms with E-state index < -0.39 is 0 Å². The van der Waals surface area contributed by atoms with Gasteiger partial charge in [0.05, 0.1) is 0 Å². The molecule has 0 saturated carbocycles. The van der Waals surface area contributed by atoms with Gasteiger partial charge < -0.3 is 10.6 Å². The fourth-order valence-electron chi connectivity index (χ4n) is 2.51. The summed E-state index contributed by atoms with van der Waals surface area (Å²) in [6.45, 7) is 8.15. The molecule has 0 radical (unpaired) electrons. The molecule has 22 heavy (non-hydrogen) atoms. The van der Waals surface area contributed by atoms with Crippen LogP contribution in [0.15, 0.2) is 42.5 Å². The molecule has 2 rings (SSSR count). The average Bonchev–Trinajstić information content (AvgIpc) is 2.43. The van der Waals surface area contributed by atoms with Crippen molar-refractivity contribution in [3.05, 3.63) is 64.7 Å². The Morgan fingerprint density at radius 3 is 2.55 bits per heavy atom. The number of carbonyl (C=O) groups is 1. The topological polar surface area (TPSA) is 41.1 Å². The third kappa shape index (κ3) is 4.35. The van der Waals surface area contributed by atoms with E-state index in [1.54, 1.807) is 0 Å². The van der Waals surface area contributed by atoms with Gasteiger partial charge >= 0.3 is 6.03 Å². The number of aryl methyl sites for hydroxylation is 2. The summed E-state index contributed by atoms with van der Waals surface area (Å²) < 4.78 is 0. The first-order valence-electron chi connectivity index (χ1n) is 7.65. The first-order valence-corrected chi connectivity index (χ1v) is 7.65. The number of hydrogen-bond acceptors (Lipinski definition) is 1. The maximum Gasteiger partial charge on any atom is 0.319 e. The van der Waals surface area contributed by atoms with Crippen molar-refractivity contribution in [2.24, 2.45) is 0 Å². The summed E-state index contributed by atoms with van der Waals surface area (Å²) in [6.07, 6.45) is 0.821. The number of carbonyl (C=O) groups excluding carboxylic acids is 1. The molecule has 2 N–H and O–H groups in total. The minimum absolute atomic E-state index is 0.0758. The van der Waals surface area contributed by atoms with Crippen molar-refractivity contribution in [3.8, 4) is 0 Å². The van der Waals surface area contributed by atoms with Crippen LogP contribution in [-0.2, 0) is 6.42 Å². The second kappa shape index (κ2) is 7.12. The van der Waals surface area contributed by atoms with Gasteiger partial charge in [-0.05, 0) is 56.9 Å². The molecule has 0 fully saturated rings. The molecule has 0 saturated heterocycles. The second-order valence-electron chi connectivity index (χ2n) is 5.94. The molecule has 1 atom stereocenters. The zero-order valence-corrected chi connectivity index (χ0v) is 13.7. The predicted octanol–water partition coefficient (Wildman–Crippen LogP) is 4.36. The summed E-state index contributed by atoms with van der Waals surface area (Å²) in [5.41, 5.74) is 5.61. The van der Waals surface area contributed by atoms with Gasteiger partial charge in [-0.25, -0.2) is 4.79 Å². The molecule has 0 bridgehead atoms. The minimum atomic E-state index is -0.158. The largest absolute Gasteiger partial charge is 0.335 e. The molecule has 1 unspecified atom stereocenters. The maximum absolute atomic E-state index is 12.1. The highest BCUT2D eigenvalue weighted by molar-refractivity contribution is 5.90. The van der Waals surface area contributed by atoms with Gasteiger partial charge in [0.2, 0.25) is 0 Å². The molecule has 3 heteroatoms. The van der Waals surface area contributed by atoms with E-state index in [-0.39, 0.29) is 12.1 Å². The van der Waals surface area contributed by atoms with Gasteiger partial charge in [0.1, 0.15) is 0 Å². The third-order valence-corrected chi connectivity index (χ3v) is 3.85. The summed E-state index contributed by atoms with van der Waals surface area (Å²) in [6, 6.07) is 14.2. The zero-order chi connectivity index (χ0) is 16.1. The average molecular weight is 296 g/mol. The van der Waals surface area contributed by atoms with E-state index in [1.807, 2.05) is 45.0 Å². The van der Waals surface area contributed by atoms with Crippen LogP contribution in [0.4, 0.5) is 10.5 Å². The number of nitrogens with one attached hydrogen (secondary N) is 2. The number of benzene rings is 2. The lowest BCUT2D eigenvalue weighted by molar-refractivity contribution is 0.249. The Hall–Kier alpha value is -2.29. The standard InChI is InChI=1S/C19H24N2O/c1-13-7-5-9-17(11-13)12-15(3)20-19(22)21-18-10-6-8-14(2)16(18)4/h5-11,15H,12H2,1-4H3,(H2,20,21,22). The number of hydrogen-bond donors (Lipinski definition) is 2. The van der Waals surface area contributed by atoms with Crippen LogP contribution in [0.1, 0.15) is 29.2 Å². The Balaban J connectivity index is 1.92. The summed E-state index contributed by atoms with van der Waals surface area (Å²) in [7, 11) is 0. The maximum atomic E-state index is 12.1. The van der Waals surface area contributed by atoms with Crippen LogP contribution < -0.4 is 10.6 Å². The minimum Gasteiger partial charge on any atom is -0.335 e. The molecule has 0 spiro atoms. The second-order valence-corrected chi connectivity index (χ2v) is 5.94. The molecule has 2 aromatic carbocycles. The molecule has 0 aliphatic carbocycles. The Morgan fingerprint density at radius 2 is 1.82 bits per heavy atom. The van der Waals surface area contributed by atoms with Crippen molar-refractivity contribution >= 4 is 11.7 Å². The van der Waals surface area contributed by atoms with E-state index >= 15 is 0 Å². The number of urea groups is 1. The van der Waals surface area contributed by atoms with Gasteiger partial charge in [0, 0.05) is 11.7 Å². The van der Waals surface area contributed by atoms with Gasteiger partial charge in [0.15, 0.2) is 0 Å². The summed E-state index contributed by atoms with van der Waals surface area (Å²) in [4.78, 5) is 12.1. The highest BCUT2D eigenvalue weighted by Gasteiger charge is 2.10. The van der Waals surface area contributed by atoms with E-state index in [0.29, 0.717) is 0 Å². The van der Waals surface area contributed by atoms with Gasteiger partial charge in [0.25, 0.3) is 0 Å². The smallest absolute Gasteiger partial charge is 0.319 e. The van der Waals surface area contributed by atoms with Gasteiger partial charge in [-0.15, -0.1) is 0 Å². The van der Waals surface area contributed by atoms with Crippen LogP contribution >= 0.6 is 0 Å². The molecule has 0 heterocycles. The molecule has 0 aliphatic heterocycles. The molecule has 3 nitrogen and oxygen atoms in total. The molecule has 0 aliphatic rings. The predicted molar refractivity (Wildman–Crippen MR) is 92.4 cm³/mol. The fraction of sp³-hybridized carbons (Fsp3) is 0.316. The van der Waals surface area contributed by atoms with Crippen molar-refractivity contribution in [2.45, 2.75) is 40.2 Å². The Labute approximate surface area is 132 Å². The fourth-order valence-corrected chi connectivity index (χ4v) is 2.51. The van der Waals surface area contributed by atoms with Crippen molar-refractivity contribution in [2.75, 3.05) is 5.32 Å². The van der Waals surface area contributed by atoms with Gasteiger partial charge in [-0.2, -0.15) is 0 Å². The number of anilines is 1. The van der Waals surface area contributed by atoms with E-state index in [2.05, 4.69) is 35.8 Å². The molecular formula is C19H24N2O. The van der Waals surface area contributed by atoms with Crippen LogP contribution in [0, 0.1) is 20.8 Å². The Morgan fingerprint density at radius 1 is 1.09 bits per heavy atom. The molecule has 116 valence electrons. The monoisotopic (exact) mass is 296 g/mol.